The van der Waals surface area contributed by atoms with Gasteiger partial charge in [0.1, 0.15) is 22.3 Å². The molecule has 0 radical (unpaired) electrons. The zero-order valence-electron chi connectivity index (χ0n) is 13.3. The largest absolute Gasteiger partial charge is 0.497 e. The van der Waals surface area contributed by atoms with E-state index >= 15 is 0 Å². The molecule has 0 saturated heterocycles. The second-order valence-corrected chi connectivity index (χ2v) is 6.33. The smallest absolute Gasteiger partial charge is 0.251 e. The van der Waals surface area contributed by atoms with Crippen molar-refractivity contribution in [1.82, 2.24) is 19.6 Å². The van der Waals surface area contributed by atoms with Gasteiger partial charge in [0.15, 0.2) is 0 Å². The van der Waals surface area contributed by atoms with E-state index in [2.05, 4.69) is 15.1 Å². The van der Waals surface area contributed by atoms with Gasteiger partial charge in [0.2, 0.25) is 0 Å². The molecule has 4 rings (SSSR count). The summed E-state index contributed by atoms with van der Waals surface area (Å²) in [5.41, 5.74) is 1.45. The molecule has 0 N–H and O–H groups in total. The molecule has 0 aliphatic heterocycles. The summed E-state index contributed by atoms with van der Waals surface area (Å²) < 4.78 is 20.0. The van der Waals surface area contributed by atoms with Crippen LogP contribution in [0, 0.1) is 5.82 Å². The molecule has 5 nitrogen and oxygen atoms in total. The van der Waals surface area contributed by atoms with E-state index in [-0.39, 0.29) is 5.82 Å². The van der Waals surface area contributed by atoms with Crippen molar-refractivity contribution in [3.8, 4) is 17.0 Å². The predicted molar refractivity (Wildman–Crippen MR) is 93.3 cm³/mol. The van der Waals surface area contributed by atoms with E-state index in [9.17, 15) is 4.39 Å². The van der Waals surface area contributed by atoms with Crippen LogP contribution in [-0.4, -0.2) is 26.7 Å². The summed E-state index contributed by atoms with van der Waals surface area (Å²) in [6, 6.07) is 13.9. The molecule has 2 heterocycles. The number of halogens is 1. The van der Waals surface area contributed by atoms with Crippen LogP contribution in [-0.2, 0) is 0 Å². The molecule has 0 spiro atoms. The number of ether oxygens (including phenoxy) is 1. The van der Waals surface area contributed by atoms with Crippen molar-refractivity contribution in [2.45, 2.75) is 9.92 Å². The highest BCUT2D eigenvalue weighted by Crippen LogP contribution is 2.29. The van der Waals surface area contributed by atoms with Gasteiger partial charge in [-0.2, -0.15) is 9.61 Å². The normalized spacial score (nSPS) is 11.0. The Morgan fingerprint density at radius 3 is 2.40 bits per heavy atom. The molecular weight excluding hydrogens is 339 g/mol. The fourth-order valence-corrected chi connectivity index (χ4v) is 3.17. The van der Waals surface area contributed by atoms with Crippen molar-refractivity contribution < 1.29 is 9.13 Å². The predicted octanol–water partition coefficient (Wildman–Crippen LogP) is 4.09. The molecule has 4 aromatic rings. The van der Waals surface area contributed by atoms with E-state index in [1.165, 1.54) is 23.9 Å². The average Bonchev–Trinajstić information content (AvgIpc) is 3.05. The number of nitrogens with zero attached hydrogens (tertiary/aromatic N) is 4. The Morgan fingerprint density at radius 1 is 0.960 bits per heavy atom. The van der Waals surface area contributed by atoms with Crippen LogP contribution >= 0.6 is 11.8 Å². The molecule has 25 heavy (non-hydrogen) atoms. The highest BCUT2D eigenvalue weighted by Gasteiger charge is 2.10. The minimum absolute atomic E-state index is 0.281. The molecule has 0 amide bonds. The van der Waals surface area contributed by atoms with Crippen molar-refractivity contribution in [3.63, 3.8) is 0 Å². The van der Waals surface area contributed by atoms with Gasteiger partial charge in [-0.3, -0.25) is 0 Å². The lowest BCUT2D eigenvalue weighted by molar-refractivity contribution is 0.414. The first kappa shape index (κ1) is 15.6. The number of hydrogen-bond acceptors (Lipinski definition) is 5. The minimum Gasteiger partial charge on any atom is -0.497 e. The van der Waals surface area contributed by atoms with Crippen molar-refractivity contribution in [2.75, 3.05) is 7.11 Å². The Kier molecular flexibility index (Phi) is 4.07. The molecule has 2 aromatic heterocycles. The first-order valence-electron chi connectivity index (χ1n) is 7.51. The van der Waals surface area contributed by atoms with Crippen molar-refractivity contribution in [2.24, 2.45) is 0 Å². The van der Waals surface area contributed by atoms with Gasteiger partial charge >= 0.3 is 0 Å². The van der Waals surface area contributed by atoms with Gasteiger partial charge in [-0.15, -0.1) is 0 Å². The fraction of sp³-hybridized carbons (Fsp3) is 0.0556. The summed E-state index contributed by atoms with van der Waals surface area (Å²) in [6.45, 7) is 0. The van der Waals surface area contributed by atoms with Gasteiger partial charge in [-0.05, 0) is 48.5 Å². The number of methoxy groups -OCH3 is 1. The lowest BCUT2D eigenvalue weighted by Crippen LogP contribution is -1.98. The summed E-state index contributed by atoms with van der Waals surface area (Å²) in [5.74, 6) is 1.04. The third-order valence-corrected chi connectivity index (χ3v) is 4.62. The van der Waals surface area contributed by atoms with E-state index in [1.807, 2.05) is 24.3 Å². The molecule has 0 atom stereocenters. The molecule has 0 aliphatic carbocycles. The molecule has 0 saturated carbocycles. The van der Waals surface area contributed by atoms with Crippen LogP contribution in [0.25, 0.3) is 17.0 Å². The maximum Gasteiger partial charge on any atom is 0.251 e. The van der Waals surface area contributed by atoms with E-state index in [0.717, 1.165) is 21.2 Å². The number of benzene rings is 2. The summed E-state index contributed by atoms with van der Waals surface area (Å²) in [7, 11) is 1.64. The fourth-order valence-electron chi connectivity index (χ4n) is 2.34. The quantitative estimate of drug-likeness (QED) is 0.554. The SMILES string of the molecule is COc1ccc(Sc2cnc3ncc(-c4ccc(F)cc4)nn23)cc1. The van der Waals surface area contributed by atoms with Gasteiger partial charge in [-0.1, -0.05) is 11.8 Å². The van der Waals surface area contributed by atoms with E-state index in [0.29, 0.717) is 11.5 Å². The zero-order chi connectivity index (χ0) is 17.2. The molecular formula is C18H13FN4OS. The van der Waals surface area contributed by atoms with E-state index in [4.69, 9.17) is 4.74 Å². The lowest BCUT2D eigenvalue weighted by Gasteiger charge is -2.04. The monoisotopic (exact) mass is 352 g/mol. The van der Waals surface area contributed by atoms with Crippen molar-refractivity contribution in [1.29, 1.82) is 0 Å². The number of rotatable bonds is 4. The minimum atomic E-state index is -0.281. The second kappa shape index (κ2) is 6.52. The Morgan fingerprint density at radius 2 is 1.68 bits per heavy atom. The van der Waals surface area contributed by atoms with Gasteiger partial charge in [0.25, 0.3) is 5.78 Å². The maximum absolute atomic E-state index is 13.1. The Balaban J connectivity index is 1.69. The summed E-state index contributed by atoms with van der Waals surface area (Å²) in [4.78, 5) is 9.65. The Hall–Kier alpha value is -2.93. The topological polar surface area (TPSA) is 52.3 Å². The molecule has 0 fully saturated rings. The van der Waals surface area contributed by atoms with Crippen LogP contribution in [0.15, 0.2) is 70.8 Å². The van der Waals surface area contributed by atoms with Crippen LogP contribution in [0.1, 0.15) is 0 Å². The highest BCUT2D eigenvalue weighted by molar-refractivity contribution is 7.99. The lowest BCUT2D eigenvalue weighted by atomic mass is 10.2. The third-order valence-electron chi connectivity index (χ3n) is 3.62. The summed E-state index contributed by atoms with van der Waals surface area (Å²) >= 11 is 1.53. The van der Waals surface area contributed by atoms with Crippen LogP contribution in [0.4, 0.5) is 4.39 Å². The molecule has 0 aliphatic rings. The first-order valence-corrected chi connectivity index (χ1v) is 8.33. The average molecular weight is 352 g/mol. The Bertz CT molecular complexity index is 1020. The van der Waals surface area contributed by atoms with Gasteiger partial charge in [0.05, 0.1) is 19.5 Å². The molecule has 0 unspecified atom stereocenters. The van der Waals surface area contributed by atoms with Gasteiger partial charge < -0.3 is 4.74 Å². The summed E-state index contributed by atoms with van der Waals surface area (Å²) in [6.07, 6.45) is 3.37. The molecule has 7 heteroatoms. The number of fused-ring (bicyclic) bond motifs is 1. The van der Waals surface area contributed by atoms with Gasteiger partial charge in [0, 0.05) is 10.5 Å². The standard InChI is InChI=1S/C18H13FN4OS/c1-24-14-6-8-15(9-7-14)25-17-11-21-18-20-10-16(22-23(17)18)12-2-4-13(19)5-3-12/h2-11H,1H3. The van der Waals surface area contributed by atoms with E-state index in [1.54, 1.807) is 36.2 Å². The molecule has 2 aromatic carbocycles. The molecule has 124 valence electrons. The highest BCUT2D eigenvalue weighted by atomic mass is 32.2. The van der Waals surface area contributed by atoms with Crippen molar-refractivity contribution >= 4 is 17.5 Å². The maximum atomic E-state index is 13.1. The van der Waals surface area contributed by atoms with Crippen LogP contribution < -0.4 is 4.74 Å². The third kappa shape index (κ3) is 3.18. The first-order chi connectivity index (χ1) is 12.2. The van der Waals surface area contributed by atoms with Crippen LogP contribution in [0.5, 0.6) is 5.75 Å². The number of hydrogen-bond donors (Lipinski definition) is 0. The summed E-state index contributed by atoms with van der Waals surface area (Å²) in [5, 5.41) is 5.43. The van der Waals surface area contributed by atoms with Crippen LogP contribution in [0.3, 0.4) is 0 Å². The van der Waals surface area contributed by atoms with E-state index < -0.39 is 0 Å². The number of aromatic nitrogens is 4. The zero-order valence-corrected chi connectivity index (χ0v) is 14.1. The number of imidazole rings is 1. The Labute approximate surface area is 147 Å². The van der Waals surface area contributed by atoms with Crippen molar-refractivity contribution in [3.05, 3.63) is 66.7 Å². The van der Waals surface area contributed by atoms with Crippen LogP contribution in [0.2, 0.25) is 0 Å². The second-order valence-electron chi connectivity index (χ2n) is 5.24. The molecule has 0 bridgehead atoms. The van der Waals surface area contributed by atoms with Gasteiger partial charge in [-0.25, -0.2) is 14.4 Å².